The standard InChI is InChI=1S/C26H37N3O5S/c1-19(2)17-27-26(31)21(4)28(15-14-22-10-8-7-9-11-22)25(30)18-29(35(6,32)33)23-16-20(3)12-13-24(23)34-5/h7-13,16,19,21H,14-15,17-18H2,1-6H3,(H,27,31)/t21-/m0/s1. The van der Waals surface area contributed by atoms with Gasteiger partial charge in [-0.3, -0.25) is 13.9 Å². The molecule has 0 saturated carbocycles. The van der Waals surface area contributed by atoms with Gasteiger partial charge in [0.1, 0.15) is 18.3 Å². The van der Waals surface area contributed by atoms with Crippen LogP contribution in [0, 0.1) is 12.8 Å². The number of nitrogens with zero attached hydrogens (tertiary/aromatic N) is 2. The van der Waals surface area contributed by atoms with Gasteiger partial charge in [0.15, 0.2) is 0 Å². The van der Waals surface area contributed by atoms with E-state index in [4.69, 9.17) is 4.74 Å². The molecule has 0 aliphatic heterocycles. The minimum atomic E-state index is -3.83. The third-order valence-electron chi connectivity index (χ3n) is 5.62. The second-order valence-electron chi connectivity index (χ2n) is 9.08. The molecule has 2 aromatic carbocycles. The average molecular weight is 504 g/mol. The summed E-state index contributed by atoms with van der Waals surface area (Å²) >= 11 is 0. The van der Waals surface area contributed by atoms with Crippen molar-refractivity contribution in [2.24, 2.45) is 5.92 Å². The first-order chi connectivity index (χ1) is 16.4. The number of methoxy groups -OCH3 is 1. The zero-order chi connectivity index (χ0) is 26.2. The van der Waals surface area contributed by atoms with Crippen molar-refractivity contribution in [3.05, 3.63) is 59.7 Å². The van der Waals surface area contributed by atoms with Gasteiger partial charge in [-0.25, -0.2) is 8.42 Å². The summed E-state index contributed by atoms with van der Waals surface area (Å²) in [5.41, 5.74) is 2.12. The highest BCUT2D eigenvalue weighted by molar-refractivity contribution is 7.92. The molecular weight excluding hydrogens is 466 g/mol. The molecule has 0 bridgehead atoms. The first-order valence-corrected chi connectivity index (χ1v) is 13.5. The summed E-state index contributed by atoms with van der Waals surface area (Å²) in [4.78, 5) is 27.9. The Bertz CT molecular complexity index is 1100. The smallest absolute Gasteiger partial charge is 0.244 e. The van der Waals surface area contributed by atoms with E-state index < -0.39 is 28.5 Å². The Morgan fingerprint density at radius 1 is 1.06 bits per heavy atom. The summed E-state index contributed by atoms with van der Waals surface area (Å²) in [6, 6.07) is 14.0. The van der Waals surface area contributed by atoms with Gasteiger partial charge in [-0.1, -0.05) is 50.2 Å². The van der Waals surface area contributed by atoms with E-state index in [2.05, 4.69) is 5.32 Å². The number of amides is 2. The molecule has 2 rings (SSSR count). The summed E-state index contributed by atoms with van der Waals surface area (Å²) < 4.78 is 31.9. The quantitative estimate of drug-likeness (QED) is 0.480. The average Bonchev–Trinajstić information content (AvgIpc) is 2.80. The highest BCUT2D eigenvalue weighted by Crippen LogP contribution is 2.31. The van der Waals surface area contributed by atoms with Crippen LogP contribution in [-0.4, -0.2) is 64.2 Å². The van der Waals surface area contributed by atoms with Gasteiger partial charge in [-0.05, 0) is 49.4 Å². The first-order valence-electron chi connectivity index (χ1n) is 11.7. The Labute approximate surface area is 209 Å². The molecule has 9 heteroatoms. The van der Waals surface area contributed by atoms with Crippen LogP contribution in [0.2, 0.25) is 0 Å². The molecule has 0 aromatic heterocycles. The lowest BCUT2D eigenvalue weighted by Crippen LogP contribution is -2.52. The number of hydrogen-bond acceptors (Lipinski definition) is 5. The molecule has 1 N–H and O–H groups in total. The van der Waals surface area contributed by atoms with Gasteiger partial charge in [0, 0.05) is 13.1 Å². The van der Waals surface area contributed by atoms with Crippen molar-refractivity contribution in [1.82, 2.24) is 10.2 Å². The summed E-state index contributed by atoms with van der Waals surface area (Å²) in [5.74, 6) is -0.150. The molecule has 8 nitrogen and oxygen atoms in total. The van der Waals surface area contributed by atoms with Crippen LogP contribution in [0.4, 0.5) is 5.69 Å². The van der Waals surface area contributed by atoms with Crippen LogP contribution >= 0.6 is 0 Å². The number of hydrogen-bond donors (Lipinski definition) is 1. The fourth-order valence-electron chi connectivity index (χ4n) is 3.61. The molecule has 192 valence electrons. The van der Waals surface area contributed by atoms with Gasteiger partial charge < -0.3 is 15.0 Å². The van der Waals surface area contributed by atoms with Crippen molar-refractivity contribution in [2.45, 2.75) is 40.2 Å². The number of carbonyl (C=O) groups excluding carboxylic acids is 2. The topological polar surface area (TPSA) is 96.0 Å². The van der Waals surface area contributed by atoms with Crippen molar-refractivity contribution in [3.63, 3.8) is 0 Å². The molecule has 0 aliphatic rings. The number of anilines is 1. The molecule has 0 unspecified atom stereocenters. The molecule has 0 spiro atoms. The molecule has 2 amide bonds. The van der Waals surface area contributed by atoms with E-state index in [1.165, 1.54) is 12.0 Å². The predicted molar refractivity (Wildman–Crippen MR) is 139 cm³/mol. The number of rotatable bonds is 12. The van der Waals surface area contributed by atoms with E-state index in [1.807, 2.05) is 51.1 Å². The third kappa shape index (κ3) is 8.28. The molecule has 0 radical (unpaired) electrons. The van der Waals surface area contributed by atoms with E-state index in [9.17, 15) is 18.0 Å². The van der Waals surface area contributed by atoms with Crippen LogP contribution in [0.3, 0.4) is 0 Å². The van der Waals surface area contributed by atoms with E-state index in [-0.39, 0.29) is 24.1 Å². The van der Waals surface area contributed by atoms with E-state index in [0.717, 1.165) is 21.7 Å². The van der Waals surface area contributed by atoms with Crippen LogP contribution in [0.25, 0.3) is 0 Å². The molecule has 2 aromatic rings. The Kier molecular flexibility index (Phi) is 10.1. The highest BCUT2D eigenvalue weighted by atomic mass is 32.2. The fourth-order valence-corrected chi connectivity index (χ4v) is 4.46. The minimum Gasteiger partial charge on any atom is -0.495 e. The number of aryl methyl sites for hydroxylation is 1. The number of benzene rings is 2. The lowest BCUT2D eigenvalue weighted by molar-refractivity contribution is -0.138. The maximum absolute atomic E-state index is 13.6. The number of sulfonamides is 1. The Hall–Kier alpha value is -3.07. The van der Waals surface area contributed by atoms with E-state index >= 15 is 0 Å². The Morgan fingerprint density at radius 3 is 2.29 bits per heavy atom. The van der Waals surface area contributed by atoms with Gasteiger partial charge in [0.2, 0.25) is 21.8 Å². The SMILES string of the molecule is COc1ccc(C)cc1N(CC(=O)N(CCc1ccccc1)[C@@H](C)C(=O)NCC(C)C)S(C)(=O)=O. The Morgan fingerprint density at radius 2 is 1.71 bits per heavy atom. The number of ether oxygens (including phenoxy) is 1. The van der Waals surface area contributed by atoms with Crippen molar-refractivity contribution in [1.29, 1.82) is 0 Å². The summed E-state index contributed by atoms with van der Waals surface area (Å²) in [7, 11) is -2.38. The zero-order valence-corrected chi connectivity index (χ0v) is 22.3. The van der Waals surface area contributed by atoms with Gasteiger partial charge in [-0.2, -0.15) is 0 Å². The molecule has 35 heavy (non-hydrogen) atoms. The fraction of sp³-hybridized carbons (Fsp3) is 0.462. The van der Waals surface area contributed by atoms with E-state index in [1.54, 1.807) is 25.1 Å². The van der Waals surface area contributed by atoms with Crippen molar-refractivity contribution in [2.75, 3.05) is 37.3 Å². The monoisotopic (exact) mass is 503 g/mol. The second-order valence-corrected chi connectivity index (χ2v) is 11.0. The van der Waals surface area contributed by atoms with Crippen LogP contribution in [-0.2, 0) is 26.0 Å². The van der Waals surface area contributed by atoms with Crippen LogP contribution < -0.4 is 14.4 Å². The number of carbonyl (C=O) groups is 2. The lowest BCUT2D eigenvalue weighted by atomic mass is 10.1. The first kappa shape index (κ1) is 28.2. The van der Waals surface area contributed by atoms with Crippen molar-refractivity contribution in [3.8, 4) is 5.75 Å². The van der Waals surface area contributed by atoms with E-state index in [0.29, 0.717) is 18.7 Å². The zero-order valence-electron chi connectivity index (χ0n) is 21.4. The maximum atomic E-state index is 13.6. The minimum absolute atomic E-state index is 0.258. The lowest BCUT2D eigenvalue weighted by Gasteiger charge is -2.32. The molecular formula is C26H37N3O5S. The van der Waals surface area contributed by atoms with Gasteiger partial charge in [0.05, 0.1) is 19.1 Å². The number of nitrogens with one attached hydrogen (secondary N) is 1. The van der Waals surface area contributed by atoms with Crippen molar-refractivity contribution < 1.29 is 22.7 Å². The summed E-state index contributed by atoms with van der Waals surface area (Å²) in [6.07, 6.45) is 1.58. The third-order valence-corrected chi connectivity index (χ3v) is 6.74. The largest absolute Gasteiger partial charge is 0.495 e. The van der Waals surface area contributed by atoms with Gasteiger partial charge in [-0.15, -0.1) is 0 Å². The second kappa shape index (κ2) is 12.6. The highest BCUT2D eigenvalue weighted by Gasteiger charge is 2.31. The predicted octanol–water partition coefficient (Wildman–Crippen LogP) is 3.00. The molecule has 0 aliphatic carbocycles. The van der Waals surface area contributed by atoms with Gasteiger partial charge >= 0.3 is 0 Å². The molecule has 1 atom stereocenters. The summed E-state index contributed by atoms with van der Waals surface area (Å²) in [5, 5.41) is 2.87. The van der Waals surface area contributed by atoms with Crippen LogP contribution in [0.15, 0.2) is 48.5 Å². The maximum Gasteiger partial charge on any atom is 0.244 e. The Balaban J connectivity index is 2.36. The van der Waals surface area contributed by atoms with Gasteiger partial charge in [0.25, 0.3) is 0 Å². The molecule has 0 saturated heterocycles. The molecule has 0 heterocycles. The van der Waals surface area contributed by atoms with Crippen LogP contribution in [0.5, 0.6) is 5.75 Å². The molecule has 0 fully saturated rings. The normalized spacial score (nSPS) is 12.2. The summed E-state index contributed by atoms with van der Waals surface area (Å²) in [6.45, 7) is 7.77. The van der Waals surface area contributed by atoms with Crippen LogP contribution in [0.1, 0.15) is 31.9 Å². The van der Waals surface area contributed by atoms with Crippen molar-refractivity contribution >= 4 is 27.5 Å².